The predicted octanol–water partition coefficient (Wildman–Crippen LogP) is 3.04. The Bertz CT molecular complexity index is 879. The molecule has 7 heteroatoms. The fraction of sp³-hybridized carbons (Fsp3) is 0.316. The van der Waals surface area contributed by atoms with Crippen molar-refractivity contribution in [2.24, 2.45) is 0 Å². The molecule has 0 saturated heterocycles. The summed E-state index contributed by atoms with van der Waals surface area (Å²) in [6, 6.07) is 9.40. The summed E-state index contributed by atoms with van der Waals surface area (Å²) in [5.74, 6) is 0.303. The van der Waals surface area contributed by atoms with Crippen molar-refractivity contribution in [2.75, 3.05) is 21.3 Å². The molecule has 0 atom stereocenters. The Morgan fingerprint density at radius 3 is 1.96 bits per heavy atom. The van der Waals surface area contributed by atoms with E-state index in [1.807, 2.05) is 13.8 Å². The molecule has 0 fully saturated rings. The van der Waals surface area contributed by atoms with Crippen molar-refractivity contribution in [2.45, 2.75) is 25.2 Å². The van der Waals surface area contributed by atoms with Gasteiger partial charge >= 0.3 is 0 Å². The van der Waals surface area contributed by atoms with Gasteiger partial charge in [-0.3, -0.25) is 4.79 Å². The quantitative estimate of drug-likeness (QED) is 0.774. The zero-order valence-corrected chi connectivity index (χ0v) is 16.4. The molecule has 0 spiro atoms. The number of sulfonamides is 1. The van der Waals surface area contributed by atoms with E-state index in [1.165, 1.54) is 45.5 Å². The summed E-state index contributed by atoms with van der Waals surface area (Å²) in [5.41, 5.74) is 1.92. The third kappa shape index (κ3) is 3.67. The number of aryl methyl sites for hydroxylation is 1. The molecule has 0 aliphatic rings. The second-order valence-electron chi connectivity index (χ2n) is 5.80. The van der Waals surface area contributed by atoms with Gasteiger partial charge in [0.25, 0.3) is 15.9 Å². The molecule has 2 aromatic carbocycles. The van der Waals surface area contributed by atoms with Crippen molar-refractivity contribution >= 4 is 15.9 Å². The second kappa shape index (κ2) is 7.78. The molecule has 0 saturated carbocycles. The summed E-state index contributed by atoms with van der Waals surface area (Å²) in [5, 5.41) is 0. The van der Waals surface area contributed by atoms with E-state index >= 15 is 0 Å². The van der Waals surface area contributed by atoms with Gasteiger partial charge in [-0.25, -0.2) is 12.7 Å². The van der Waals surface area contributed by atoms with Crippen molar-refractivity contribution < 1.29 is 22.7 Å². The van der Waals surface area contributed by atoms with Crippen LogP contribution in [0.25, 0.3) is 0 Å². The number of carbonyl (C=O) groups excluding carboxylic acids is 1. The van der Waals surface area contributed by atoms with E-state index in [0.717, 1.165) is 15.4 Å². The van der Waals surface area contributed by atoms with Gasteiger partial charge in [0.15, 0.2) is 0 Å². The molecule has 0 aliphatic heterocycles. The number of methoxy groups -OCH3 is 2. The summed E-state index contributed by atoms with van der Waals surface area (Å²) in [4.78, 5) is 12.9. The third-order valence-corrected chi connectivity index (χ3v) is 5.93. The van der Waals surface area contributed by atoms with Gasteiger partial charge in [0.1, 0.15) is 11.5 Å². The average molecular weight is 377 g/mol. The lowest BCUT2D eigenvalue weighted by molar-refractivity contribution is 0.0882. The van der Waals surface area contributed by atoms with Crippen molar-refractivity contribution in [3.63, 3.8) is 0 Å². The van der Waals surface area contributed by atoms with Crippen LogP contribution in [0.5, 0.6) is 11.5 Å². The lowest BCUT2D eigenvalue weighted by atomic mass is 10.1. The fourth-order valence-electron chi connectivity index (χ4n) is 2.62. The highest BCUT2D eigenvalue weighted by atomic mass is 32.2. The van der Waals surface area contributed by atoms with Gasteiger partial charge in [0.2, 0.25) is 0 Å². The Kier molecular flexibility index (Phi) is 5.92. The van der Waals surface area contributed by atoms with Crippen LogP contribution in [0.15, 0.2) is 41.3 Å². The number of hydrogen-bond acceptors (Lipinski definition) is 5. The molecule has 0 unspecified atom stereocenters. The van der Waals surface area contributed by atoms with Gasteiger partial charge in [-0.2, -0.15) is 0 Å². The molecule has 0 N–H and O–H groups in total. The molecule has 0 aliphatic carbocycles. The zero-order chi connectivity index (χ0) is 19.5. The first-order valence-electron chi connectivity index (χ1n) is 8.11. The maximum atomic E-state index is 12.8. The van der Waals surface area contributed by atoms with Crippen LogP contribution in [0.1, 0.15) is 28.4 Å². The van der Waals surface area contributed by atoms with Gasteiger partial charge in [-0.05, 0) is 37.6 Å². The molecular weight excluding hydrogens is 354 g/mol. The largest absolute Gasteiger partial charge is 0.496 e. The summed E-state index contributed by atoms with van der Waals surface area (Å²) >= 11 is 0. The number of amides is 1. The van der Waals surface area contributed by atoms with Gasteiger partial charge < -0.3 is 9.47 Å². The monoisotopic (exact) mass is 377 g/mol. The van der Waals surface area contributed by atoms with Gasteiger partial charge in [0.05, 0.1) is 19.1 Å². The lowest BCUT2D eigenvalue weighted by Gasteiger charge is -2.19. The van der Waals surface area contributed by atoms with E-state index in [0.29, 0.717) is 17.9 Å². The van der Waals surface area contributed by atoms with Crippen molar-refractivity contribution in [3.8, 4) is 11.5 Å². The van der Waals surface area contributed by atoms with Crippen molar-refractivity contribution in [1.82, 2.24) is 4.31 Å². The highest BCUT2D eigenvalue weighted by molar-refractivity contribution is 7.89. The standard InChI is InChI=1S/C19H23NO5S/c1-6-16-17(24-4)11-14(12-18(16)25-5)19(21)20(3)26(22,23)15-9-7-13(2)8-10-15/h7-12H,6H2,1-5H3. The Morgan fingerprint density at radius 2 is 1.54 bits per heavy atom. The normalized spacial score (nSPS) is 11.1. The predicted molar refractivity (Wildman–Crippen MR) is 99.4 cm³/mol. The van der Waals surface area contributed by atoms with Crippen LogP contribution in [-0.2, 0) is 16.4 Å². The van der Waals surface area contributed by atoms with Crippen LogP contribution in [0.3, 0.4) is 0 Å². The fourth-order valence-corrected chi connectivity index (χ4v) is 3.74. The number of carbonyl (C=O) groups is 1. The molecule has 0 bridgehead atoms. The van der Waals surface area contributed by atoms with E-state index in [1.54, 1.807) is 12.1 Å². The summed E-state index contributed by atoms with van der Waals surface area (Å²) in [6.45, 7) is 3.80. The first-order valence-corrected chi connectivity index (χ1v) is 9.55. The SMILES string of the molecule is CCc1c(OC)cc(C(=O)N(C)S(=O)(=O)c2ccc(C)cc2)cc1OC. The minimum absolute atomic E-state index is 0.0584. The van der Waals surface area contributed by atoms with Gasteiger partial charge in [-0.1, -0.05) is 24.6 Å². The minimum Gasteiger partial charge on any atom is -0.496 e. The average Bonchev–Trinajstić information content (AvgIpc) is 2.65. The summed E-state index contributed by atoms with van der Waals surface area (Å²) < 4.78 is 36.9. The van der Waals surface area contributed by atoms with Crippen LogP contribution >= 0.6 is 0 Å². The first kappa shape index (κ1) is 19.8. The first-order chi connectivity index (χ1) is 12.3. The molecular formula is C19H23NO5S. The minimum atomic E-state index is -3.96. The zero-order valence-electron chi connectivity index (χ0n) is 15.6. The molecule has 26 heavy (non-hydrogen) atoms. The van der Waals surface area contributed by atoms with E-state index < -0.39 is 15.9 Å². The molecule has 6 nitrogen and oxygen atoms in total. The van der Waals surface area contributed by atoms with Crippen LogP contribution < -0.4 is 9.47 Å². The van der Waals surface area contributed by atoms with Crippen LogP contribution in [0.2, 0.25) is 0 Å². The summed E-state index contributed by atoms with van der Waals surface area (Å²) in [6.07, 6.45) is 0.651. The molecule has 1 amide bonds. The summed E-state index contributed by atoms with van der Waals surface area (Å²) in [7, 11) is 0.274. The lowest BCUT2D eigenvalue weighted by Crippen LogP contribution is -2.33. The number of rotatable bonds is 6. The number of nitrogens with zero attached hydrogens (tertiary/aromatic N) is 1. The molecule has 0 radical (unpaired) electrons. The maximum Gasteiger partial charge on any atom is 0.267 e. The van der Waals surface area contributed by atoms with Crippen LogP contribution in [-0.4, -0.2) is 39.9 Å². The third-order valence-electron chi connectivity index (χ3n) is 4.17. The Hall–Kier alpha value is -2.54. The van der Waals surface area contributed by atoms with E-state index in [2.05, 4.69) is 0 Å². The smallest absolute Gasteiger partial charge is 0.267 e. The van der Waals surface area contributed by atoms with Crippen LogP contribution in [0, 0.1) is 6.92 Å². The Morgan fingerprint density at radius 1 is 1.04 bits per heavy atom. The highest BCUT2D eigenvalue weighted by Gasteiger charge is 2.27. The van der Waals surface area contributed by atoms with Gasteiger partial charge in [-0.15, -0.1) is 0 Å². The topological polar surface area (TPSA) is 72.9 Å². The molecule has 2 aromatic rings. The molecule has 2 rings (SSSR count). The molecule has 140 valence electrons. The van der Waals surface area contributed by atoms with Crippen LogP contribution in [0.4, 0.5) is 0 Å². The second-order valence-corrected chi connectivity index (χ2v) is 7.77. The van der Waals surface area contributed by atoms with Crippen molar-refractivity contribution in [1.29, 1.82) is 0 Å². The van der Waals surface area contributed by atoms with Crippen molar-refractivity contribution in [3.05, 3.63) is 53.1 Å². The highest BCUT2D eigenvalue weighted by Crippen LogP contribution is 2.32. The van der Waals surface area contributed by atoms with E-state index in [4.69, 9.17) is 9.47 Å². The maximum absolute atomic E-state index is 12.8. The van der Waals surface area contributed by atoms with E-state index in [-0.39, 0.29) is 10.5 Å². The Labute approximate surface area is 154 Å². The Balaban J connectivity index is 2.46. The van der Waals surface area contributed by atoms with Gasteiger partial charge in [0, 0.05) is 18.2 Å². The number of ether oxygens (including phenoxy) is 2. The molecule has 0 aromatic heterocycles. The van der Waals surface area contributed by atoms with E-state index in [9.17, 15) is 13.2 Å². The number of hydrogen-bond donors (Lipinski definition) is 0. The molecule has 0 heterocycles. The number of benzene rings is 2.